The Morgan fingerprint density at radius 1 is 1.36 bits per heavy atom. The van der Waals surface area contributed by atoms with Crippen LogP contribution >= 0.6 is 34.8 Å². The number of hydrogen-bond acceptors (Lipinski definition) is 2. The van der Waals surface area contributed by atoms with Gasteiger partial charge in [-0.3, -0.25) is 4.79 Å². The molecule has 68 valence electrons. The van der Waals surface area contributed by atoms with Crippen molar-refractivity contribution < 1.29 is 15.0 Å². The van der Waals surface area contributed by atoms with E-state index in [1.807, 2.05) is 0 Å². The van der Waals surface area contributed by atoms with Gasteiger partial charge in [0.15, 0.2) is 0 Å². The van der Waals surface area contributed by atoms with Crippen molar-refractivity contribution in [3.8, 4) is 0 Å². The number of halogens is 3. The summed E-state index contributed by atoms with van der Waals surface area (Å²) in [6.45, 7) is -0.373. The number of alkyl halides is 3. The fourth-order valence-electron chi connectivity index (χ4n) is 0.211. The normalized spacial score (nSPS) is 14.2. The van der Waals surface area contributed by atoms with Crippen LogP contribution in [0.4, 0.5) is 0 Å². The molecule has 0 bridgehead atoms. The molecule has 0 aromatic carbocycles. The highest BCUT2D eigenvalue weighted by atomic mass is 35.5. The molecule has 0 amide bonds. The van der Waals surface area contributed by atoms with Crippen molar-refractivity contribution in [2.45, 2.75) is 10.8 Å². The van der Waals surface area contributed by atoms with Gasteiger partial charge >= 0.3 is 0 Å². The van der Waals surface area contributed by atoms with Gasteiger partial charge in [-0.1, -0.05) is 0 Å². The maximum Gasteiger partial charge on any atom is 0.290 e. The minimum absolute atomic E-state index is 0.123. The highest BCUT2D eigenvalue weighted by Gasteiger charge is 2.13. The maximum absolute atomic E-state index is 8.36. The van der Waals surface area contributed by atoms with E-state index in [1.54, 1.807) is 0 Å². The number of carboxylic acid groups (broad SMARTS) is 1. The van der Waals surface area contributed by atoms with Gasteiger partial charge in [-0.25, -0.2) is 0 Å². The quantitative estimate of drug-likeness (QED) is 0.557. The molecule has 2 unspecified atom stereocenters. The summed E-state index contributed by atoms with van der Waals surface area (Å²) in [7, 11) is 0. The Hall–Kier alpha value is 0.300. The Morgan fingerprint density at radius 2 is 1.73 bits per heavy atom. The summed E-state index contributed by atoms with van der Waals surface area (Å²) in [6.07, 6.45) is 0. The van der Waals surface area contributed by atoms with Crippen molar-refractivity contribution in [2.24, 2.45) is 0 Å². The molecule has 0 saturated carbocycles. The van der Waals surface area contributed by atoms with Crippen molar-refractivity contribution in [3.05, 3.63) is 0 Å². The largest absolute Gasteiger partial charge is 0.483 e. The van der Waals surface area contributed by atoms with E-state index in [4.69, 9.17) is 49.8 Å². The van der Waals surface area contributed by atoms with Crippen LogP contribution in [0, 0.1) is 0 Å². The summed E-state index contributed by atoms with van der Waals surface area (Å²) in [4.78, 5) is 8.36. The van der Waals surface area contributed by atoms with Gasteiger partial charge in [0.05, 0.1) is 17.4 Å². The zero-order valence-electron chi connectivity index (χ0n) is 5.58. The maximum atomic E-state index is 8.36. The van der Waals surface area contributed by atoms with Gasteiger partial charge in [0, 0.05) is 5.88 Å². The Kier molecular flexibility index (Phi) is 13.0. The van der Waals surface area contributed by atoms with Gasteiger partial charge in [-0.2, -0.15) is 0 Å². The van der Waals surface area contributed by atoms with Crippen LogP contribution in [-0.2, 0) is 4.79 Å². The second-order valence-corrected chi connectivity index (χ2v) is 2.90. The number of rotatable bonds is 3. The highest BCUT2D eigenvalue weighted by Crippen LogP contribution is 2.10. The van der Waals surface area contributed by atoms with Crippen LogP contribution in [0.25, 0.3) is 0 Å². The average Bonchev–Trinajstić information content (AvgIpc) is 2.03. The number of aliphatic hydroxyl groups excluding tert-OH is 1. The number of hydrogen-bond donors (Lipinski definition) is 2. The molecule has 0 aliphatic heterocycles. The number of carbonyl (C=O) groups is 1. The van der Waals surface area contributed by atoms with Crippen molar-refractivity contribution in [3.63, 3.8) is 0 Å². The lowest BCUT2D eigenvalue weighted by Gasteiger charge is -2.08. The standard InChI is InChI=1S/C4H7Cl3O.CH2O2/c5-1-3(6)4(7)2-8;2-1-3/h3-4,8H,1-2H2;1H,(H,2,3). The third-order valence-corrected chi connectivity index (χ3v) is 2.23. The highest BCUT2D eigenvalue weighted by molar-refractivity contribution is 6.33. The molecule has 0 aliphatic carbocycles. The molecule has 0 aromatic heterocycles. The lowest BCUT2D eigenvalue weighted by atomic mass is 10.3. The van der Waals surface area contributed by atoms with Crippen molar-refractivity contribution in [1.29, 1.82) is 0 Å². The molecule has 2 atom stereocenters. The van der Waals surface area contributed by atoms with E-state index in [9.17, 15) is 0 Å². The molecule has 0 heterocycles. The van der Waals surface area contributed by atoms with Crippen LogP contribution in [0.15, 0.2) is 0 Å². The third kappa shape index (κ3) is 10.3. The average molecular weight is 223 g/mol. The van der Waals surface area contributed by atoms with E-state index < -0.39 is 5.38 Å². The predicted octanol–water partition coefficient (Wildman–Crippen LogP) is 1.13. The van der Waals surface area contributed by atoms with Gasteiger partial charge < -0.3 is 10.2 Å². The van der Waals surface area contributed by atoms with E-state index >= 15 is 0 Å². The summed E-state index contributed by atoms with van der Waals surface area (Å²) in [5.74, 6) is 0.274. The van der Waals surface area contributed by atoms with Crippen molar-refractivity contribution in [2.75, 3.05) is 12.5 Å². The second-order valence-electron chi connectivity index (χ2n) is 1.47. The molecule has 0 rings (SSSR count). The third-order valence-electron chi connectivity index (χ3n) is 0.714. The Labute approximate surface area is 79.9 Å². The van der Waals surface area contributed by atoms with Gasteiger partial charge in [0.25, 0.3) is 6.47 Å². The summed E-state index contributed by atoms with van der Waals surface area (Å²) in [5.41, 5.74) is 0. The first-order valence-corrected chi connectivity index (χ1v) is 4.07. The van der Waals surface area contributed by atoms with Gasteiger partial charge in [0.2, 0.25) is 0 Å². The van der Waals surface area contributed by atoms with Gasteiger partial charge in [-0.05, 0) is 0 Å². The molecule has 11 heavy (non-hydrogen) atoms. The van der Waals surface area contributed by atoms with E-state index in [1.165, 1.54) is 0 Å². The lowest BCUT2D eigenvalue weighted by Crippen LogP contribution is -2.20. The van der Waals surface area contributed by atoms with Crippen molar-refractivity contribution >= 4 is 41.3 Å². The van der Waals surface area contributed by atoms with Crippen LogP contribution in [0.2, 0.25) is 0 Å². The molecule has 2 N–H and O–H groups in total. The predicted molar refractivity (Wildman–Crippen MR) is 45.8 cm³/mol. The second kappa shape index (κ2) is 10.3. The van der Waals surface area contributed by atoms with E-state index in [2.05, 4.69) is 0 Å². The first-order chi connectivity index (χ1) is 5.13. The first kappa shape index (κ1) is 13.9. The molecule has 0 spiro atoms. The SMILES string of the molecule is O=CO.OCC(Cl)C(Cl)CCl. The fourth-order valence-corrected chi connectivity index (χ4v) is 0.686. The lowest BCUT2D eigenvalue weighted by molar-refractivity contribution is -0.122. The Bertz CT molecular complexity index is 83.0. The Morgan fingerprint density at radius 3 is 1.82 bits per heavy atom. The zero-order valence-corrected chi connectivity index (χ0v) is 7.85. The van der Waals surface area contributed by atoms with Crippen LogP contribution in [0.3, 0.4) is 0 Å². The molecular formula is C5H9Cl3O3. The Balaban J connectivity index is 0. The van der Waals surface area contributed by atoms with Crippen LogP contribution in [0.5, 0.6) is 0 Å². The minimum Gasteiger partial charge on any atom is -0.483 e. The molecule has 0 radical (unpaired) electrons. The molecule has 0 aliphatic rings. The van der Waals surface area contributed by atoms with Gasteiger partial charge in [-0.15, -0.1) is 34.8 Å². The smallest absolute Gasteiger partial charge is 0.290 e. The summed E-state index contributed by atoms with van der Waals surface area (Å²) in [5, 5.41) is 14.5. The first-order valence-electron chi connectivity index (χ1n) is 2.66. The molecule has 3 nitrogen and oxygen atoms in total. The number of aliphatic hydroxyl groups is 1. The van der Waals surface area contributed by atoms with E-state index in [0.29, 0.717) is 0 Å². The van der Waals surface area contributed by atoms with E-state index in [0.717, 1.165) is 0 Å². The molecule has 0 saturated heterocycles. The van der Waals surface area contributed by atoms with Crippen LogP contribution in [0.1, 0.15) is 0 Å². The van der Waals surface area contributed by atoms with Crippen molar-refractivity contribution in [1.82, 2.24) is 0 Å². The fraction of sp³-hybridized carbons (Fsp3) is 0.800. The molecule has 6 heteroatoms. The van der Waals surface area contributed by atoms with E-state index in [-0.39, 0.29) is 24.3 Å². The summed E-state index contributed by atoms with van der Waals surface area (Å²) < 4.78 is 0. The molecule has 0 fully saturated rings. The van der Waals surface area contributed by atoms with Crippen LogP contribution in [-0.4, -0.2) is 39.9 Å². The minimum atomic E-state index is -0.422. The molecular weight excluding hydrogens is 214 g/mol. The topological polar surface area (TPSA) is 57.5 Å². The summed E-state index contributed by atoms with van der Waals surface area (Å²) >= 11 is 16.2. The van der Waals surface area contributed by atoms with Gasteiger partial charge in [0.1, 0.15) is 0 Å². The molecule has 0 aromatic rings. The summed E-state index contributed by atoms with van der Waals surface area (Å²) in [6, 6.07) is 0. The van der Waals surface area contributed by atoms with Crippen LogP contribution < -0.4 is 0 Å². The zero-order chi connectivity index (χ0) is 9.28. The monoisotopic (exact) mass is 222 g/mol.